The molecule has 0 aromatic heterocycles. The topological polar surface area (TPSA) is 64.3 Å². The van der Waals surface area contributed by atoms with Gasteiger partial charge in [-0.2, -0.15) is 0 Å². The molecular formula is C16H17FN2O2. The number of nitrogens with one attached hydrogen (secondary N) is 1. The first-order valence-corrected chi connectivity index (χ1v) is 6.52. The third-order valence-electron chi connectivity index (χ3n) is 3.06. The molecule has 4 nitrogen and oxygen atoms in total. The van der Waals surface area contributed by atoms with E-state index in [1.165, 1.54) is 12.1 Å². The molecule has 110 valence electrons. The SMILES string of the molecule is COc1ccc(N)cc1CNC(=O)Cc1ccc(F)cc1. The van der Waals surface area contributed by atoms with Gasteiger partial charge in [0.05, 0.1) is 13.5 Å². The monoisotopic (exact) mass is 288 g/mol. The lowest BCUT2D eigenvalue weighted by atomic mass is 10.1. The van der Waals surface area contributed by atoms with Gasteiger partial charge in [-0.25, -0.2) is 4.39 Å². The third kappa shape index (κ3) is 4.21. The maximum absolute atomic E-state index is 12.8. The van der Waals surface area contributed by atoms with Crippen molar-refractivity contribution in [2.45, 2.75) is 13.0 Å². The minimum absolute atomic E-state index is 0.147. The molecule has 1 amide bonds. The molecule has 0 heterocycles. The highest BCUT2D eigenvalue weighted by atomic mass is 19.1. The van der Waals surface area contributed by atoms with Gasteiger partial charge in [0.25, 0.3) is 0 Å². The number of anilines is 1. The Labute approximate surface area is 122 Å². The van der Waals surface area contributed by atoms with Gasteiger partial charge in [-0.1, -0.05) is 12.1 Å². The van der Waals surface area contributed by atoms with E-state index in [4.69, 9.17) is 10.5 Å². The molecule has 2 aromatic carbocycles. The van der Waals surface area contributed by atoms with Crippen molar-refractivity contribution in [3.05, 3.63) is 59.4 Å². The summed E-state index contributed by atoms with van der Waals surface area (Å²) in [7, 11) is 1.56. The Kier molecular flexibility index (Phi) is 4.77. The molecule has 0 aliphatic rings. The van der Waals surface area contributed by atoms with Crippen molar-refractivity contribution in [2.75, 3.05) is 12.8 Å². The highest BCUT2D eigenvalue weighted by Crippen LogP contribution is 2.20. The van der Waals surface area contributed by atoms with Gasteiger partial charge in [-0.3, -0.25) is 4.79 Å². The molecule has 2 rings (SSSR count). The molecule has 0 aliphatic heterocycles. The summed E-state index contributed by atoms with van der Waals surface area (Å²) in [5, 5.41) is 2.80. The van der Waals surface area contributed by atoms with Crippen LogP contribution < -0.4 is 15.8 Å². The molecule has 0 aliphatic carbocycles. The van der Waals surface area contributed by atoms with Crippen molar-refractivity contribution in [3.8, 4) is 5.75 Å². The molecule has 0 saturated carbocycles. The number of methoxy groups -OCH3 is 1. The lowest BCUT2D eigenvalue weighted by Gasteiger charge is -2.10. The van der Waals surface area contributed by atoms with E-state index >= 15 is 0 Å². The van der Waals surface area contributed by atoms with E-state index in [0.29, 0.717) is 18.0 Å². The second-order valence-corrected chi connectivity index (χ2v) is 4.65. The molecule has 0 unspecified atom stereocenters. The number of nitrogens with two attached hydrogens (primary N) is 1. The van der Waals surface area contributed by atoms with Gasteiger partial charge >= 0.3 is 0 Å². The highest BCUT2D eigenvalue weighted by molar-refractivity contribution is 5.78. The van der Waals surface area contributed by atoms with Crippen molar-refractivity contribution < 1.29 is 13.9 Å². The van der Waals surface area contributed by atoms with Crippen molar-refractivity contribution in [1.82, 2.24) is 5.32 Å². The summed E-state index contributed by atoms with van der Waals surface area (Å²) in [6.07, 6.45) is 0.199. The first kappa shape index (κ1) is 14.8. The zero-order valence-electron chi connectivity index (χ0n) is 11.7. The van der Waals surface area contributed by atoms with Crippen LogP contribution in [0.2, 0.25) is 0 Å². The van der Waals surface area contributed by atoms with Crippen LogP contribution in [0.3, 0.4) is 0 Å². The first-order valence-electron chi connectivity index (χ1n) is 6.52. The van der Waals surface area contributed by atoms with Crippen LogP contribution >= 0.6 is 0 Å². The van der Waals surface area contributed by atoms with Crippen LogP contribution in [0.1, 0.15) is 11.1 Å². The Balaban J connectivity index is 1.95. The Morgan fingerprint density at radius 1 is 1.24 bits per heavy atom. The number of nitrogen functional groups attached to an aromatic ring is 1. The average molecular weight is 288 g/mol. The first-order chi connectivity index (χ1) is 10.1. The summed E-state index contributed by atoms with van der Waals surface area (Å²) in [6, 6.07) is 11.1. The number of ether oxygens (including phenoxy) is 1. The summed E-state index contributed by atoms with van der Waals surface area (Å²) < 4.78 is 18.0. The molecule has 0 radical (unpaired) electrons. The Morgan fingerprint density at radius 2 is 1.95 bits per heavy atom. The molecule has 2 aromatic rings. The second-order valence-electron chi connectivity index (χ2n) is 4.65. The molecule has 5 heteroatoms. The van der Waals surface area contributed by atoms with Gasteiger partial charge in [0, 0.05) is 17.8 Å². The molecule has 0 fully saturated rings. The molecule has 21 heavy (non-hydrogen) atoms. The molecule has 0 spiro atoms. The maximum atomic E-state index is 12.8. The number of carbonyl (C=O) groups is 1. The Bertz CT molecular complexity index is 627. The number of benzene rings is 2. The molecular weight excluding hydrogens is 271 g/mol. The lowest BCUT2D eigenvalue weighted by Crippen LogP contribution is -2.24. The lowest BCUT2D eigenvalue weighted by molar-refractivity contribution is -0.120. The number of hydrogen-bond donors (Lipinski definition) is 2. The van der Waals surface area contributed by atoms with E-state index < -0.39 is 0 Å². The largest absolute Gasteiger partial charge is 0.496 e. The zero-order valence-corrected chi connectivity index (χ0v) is 11.7. The summed E-state index contributed by atoms with van der Waals surface area (Å²) in [6.45, 7) is 0.328. The molecule has 0 bridgehead atoms. The normalized spacial score (nSPS) is 10.2. The highest BCUT2D eigenvalue weighted by Gasteiger charge is 2.07. The number of hydrogen-bond acceptors (Lipinski definition) is 3. The third-order valence-corrected chi connectivity index (χ3v) is 3.06. The maximum Gasteiger partial charge on any atom is 0.224 e. The smallest absolute Gasteiger partial charge is 0.224 e. The molecule has 3 N–H and O–H groups in total. The van der Waals surface area contributed by atoms with Gasteiger partial charge in [0.15, 0.2) is 0 Å². The predicted molar refractivity (Wildman–Crippen MR) is 79.4 cm³/mol. The van der Waals surface area contributed by atoms with Crippen LogP contribution in [0.4, 0.5) is 10.1 Å². The van der Waals surface area contributed by atoms with Gasteiger partial charge in [-0.05, 0) is 35.9 Å². The van der Waals surface area contributed by atoms with Crippen LogP contribution in [0.15, 0.2) is 42.5 Å². The van der Waals surface area contributed by atoms with Crippen molar-refractivity contribution in [1.29, 1.82) is 0 Å². The number of halogens is 1. The van der Waals surface area contributed by atoms with Gasteiger partial charge in [0.2, 0.25) is 5.91 Å². The molecule has 0 saturated heterocycles. The quantitative estimate of drug-likeness (QED) is 0.830. The Morgan fingerprint density at radius 3 is 2.62 bits per heavy atom. The standard InChI is InChI=1S/C16H17FN2O2/c1-21-15-7-6-14(18)9-12(15)10-19-16(20)8-11-2-4-13(17)5-3-11/h2-7,9H,8,10,18H2,1H3,(H,19,20). The fraction of sp³-hybridized carbons (Fsp3) is 0.188. The van der Waals surface area contributed by atoms with E-state index in [1.54, 1.807) is 37.4 Å². The van der Waals surface area contributed by atoms with E-state index in [1.807, 2.05) is 0 Å². The predicted octanol–water partition coefficient (Wildman–Crippen LogP) is 2.28. The summed E-state index contributed by atoms with van der Waals surface area (Å²) in [5.74, 6) is 0.209. The molecule has 0 atom stereocenters. The van der Waals surface area contributed by atoms with Crippen LogP contribution in [0.25, 0.3) is 0 Å². The van der Waals surface area contributed by atoms with E-state index in [2.05, 4.69) is 5.32 Å². The summed E-state index contributed by atoms with van der Waals surface area (Å²) in [4.78, 5) is 11.9. The number of carbonyl (C=O) groups excluding carboxylic acids is 1. The average Bonchev–Trinajstić information content (AvgIpc) is 2.48. The minimum atomic E-state index is -0.316. The van der Waals surface area contributed by atoms with Gasteiger partial charge in [0.1, 0.15) is 11.6 Å². The van der Waals surface area contributed by atoms with E-state index in [9.17, 15) is 9.18 Å². The van der Waals surface area contributed by atoms with Crippen molar-refractivity contribution in [2.24, 2.45) is 0 Å². The zero-order chi connectivity index (χ0) is 15.2. The number of amides is 1. The van der Waals surface area contributed by atoms with Crippen LogP contribution in [-0.4, -0.2) is 13.0 Å². The van der Waals surface area contributed by atoms with Crippen LogP contribution in [-0.2, 0) is 17.8 Å². The fourth-order valence-corrected chi connectivity index (χ4v) is 1.98. The van der Waals surface area contributed by atoms with Gasteiger partial charge in [-0.15, -0.1) is 0 Å². The Hall–Kier alpha value is -2.56. The van der Waals surface area contributed by atoms with E-state index in [0.717, 1.165) is 11.1 Å². The van der Waals surface area contributed by atoms with Crippen molar-refractivity contribution >= 4 is 11.6 Å². The number of rotatable bonds is 5. The summed E-state index contributed by atoms with van der Waals surface area (Å²) >= 11 is 0. The fourth-order valence-electron chi connectivity index (χ4n) is 1.98. The summed E-state index contributed by atoms with van der Waals surface area (Å²) in [5.41, 5.74) is 7.90. The van der Waals surface area contributed by atoms with Gasteiger partial charge < -0.3 is 15.8 Å². The van der Waals surface area contributed by atoms with Crippen LogP contribution in [0, 0.1) is 5.82 Å². The van der Waals surface area contributed by atoms with Crippen LogP contribution in [0.5, 0.6) is 5.75 Å². The van der Waals surface area contributed by atoms with E-state index in [-0.39, 0.29) is 18.1 Å². The van der Waals surface area contributed by atoms with Crippen molar-refractivity contribution in [3.63, 3.8) is 0 Å². The minimum Gasteiger partial charge on any atom is -0.496 e. The second kappa shape index (κ2) is 6.74.